The number of amides is 1. The Morgan fingerprint density at radius 3 is 2.48 bits per heavy atom. The van der Waals surface area contributed by atoms with Crippen LogP contribution in [0.3, 0.4) is 0 Å². The molecule has 0 atom stereocenters. The van der Waals surface area contributed by atoms with Crippen LogP contribution in [0.4, 0.5) is 0 Å². The van der Waals surface area contributed by atoms with Gasteiger partial charge in [0.05, 0.1) is 12.2 Å². The molecule has 0 radical (unpaired) electrons. The Bertz CT molecular complexity index is 854. The van der Waals surface area contributed by atoms with Gasteiger partial charge in [-0.3, -0.25) is 9.59 Å². The molecule has 27 heavy (non-hydrogen) atoms. The summed E-state index contributed by atoms with van der Waals surface area (Å²) in [7, 11) is 0. The van der Waals surface area contributed by atoms with E-state index in [0.29, 0.717) is 30.8 Å². The number of benzene rings is 1. The molecule has 6 nitrogen and oxygen atoms in total. The fourth-order valence-corrected chi connectivity index (χ4v) is 2.87. The Morgan fingerprint density at radius 2 is 1.85 bits per heavy atom. The van der Waals surface area contributed by atoms with Crippen LogP contribution in [-0.2, 0) is 23.3 Å². The summed E-state index contributed by atoms with van der Waals surface area (Å²) in [5, 5.41) is 0. The molecule has 0 saturated carbocycles. The molecule has 0 aliphatic carbocycles. The van der Waals surface area contributed by atoms with Gasteiger partial charge in [0.25, 0.3) is 5.91 Å². The third-order valence-corrected chi connectivity index (χ3v) is 4.54. The second-order valence-corrected chi connectivity index (χ2v) is 7.76. The van der Waals surface area contributed by atoms with Crippen LogP contribution in [0.1, 0.15) is 61.6 Å². The van der Waals surface area contributed by atoms with Crippen LogP contribution in [0.15, 0.2) is 30.5 Å². The maximum atomic E-state index is 12.5. The molecule has 142 valence electrons. The minimum Gasteiger partial charge on any atom is -0.484 e. The summed E-state index contributed by atoms with van der Waals surface area (Å²) < 4.78 is 5.59. The Kier molecular flexibility index (Phi) is 5.26. The van der Waals surface area contributed by atoms with Crippen LogP contribution in [0.25, 0.3) is 0 Å². The molecule has 0 spiro atoms. The van der Waals surface area contributed by atoms with E-state index in [1.165, 1.54) is 0 Å². The molecule has 0 fully saturated rings. The van der Waals surface area contributed by atoms with Crippen molar-refractivity contribution in [2.75, 3.05) is 6.61 Å². The molecule has 2 aromatic rings. The molecule has 1 amide bonds. The minimum absolute atomic E-state index is 0.0470. The molecule has 0 saturated heterocycles. The molecule has 1 aromatic carbocycles. The Hall–Kier alpha value is -2.76. The zero-order valence-electron chi connectivity index (χ0n) is 16.3. The summed E-state index contributed by atoms with van der Waals surface area (Å²) in [6, 6.07) is 6.88. The third-order valence-electron chi connectivity index (χ3n) is 4.54. The van der Waals surface area contributed by atoms with E-state index < -0.39 is 0 Å². The lowest BCUT2D eigenvalue weighted by atomic mass is 9.95. The average Bonchev–Trinajstić information content (AvgIpc) is 3.08. The van der Waals surface area contributed by atoms with E-state index in [9.17, 15) is 9.59 Å². The first-order valence-electron chi connectivity index (χ1n) is 9.17. The van der Waals surface area contributed by atoms with Crippen LogP contribution in [0.2, 0.25) is 0 Å². The fourth-order valence-electron chi connectivity index (χ4n) is 2.87. The number of Topliss-reactive ketones (excluding diaryl/α,β-unsaturated/α-hetero) is 1. The highest BCUT2D eigenvalue weighted by Crippen LogP contribution is 2.25. The van der Waals surface area contributed by atoms with Gasteiger partial charge in [0, 0.05) is 35.7 Å². The molecule has 0 unspecified atom stereocenters. The van der Waals surface area contributed by atoms with Crippen LogP contribution in [0, 0.1) is 0 Å². The number of rotatable bonds is 5. The molecule has 6 heteroatoms. The van der Waals surface area contributed by atoms with Gasteiger partial charge in [-0.1, -0.05) is 27.7 Å². The van der Waals surface area contributed by atoms with Crippen molar-refractivity contribution in [3.05, 3.63) is 53.1 Å². The summed E-state index contributed by atoms with van der Waals surface area (Å²) in [5.41, 5.74) is 2.42. The second-order valence-electron chi connectivity index (χ2n) is 7.76. The molecule has 3 rings (SSSR count). The van der Waals surface area contributed by atoms with Gasteiger partial charge in [-0.25, -0.2) is 9.97 Å². The SMILES string of the molecule is CCC(=O)c1ccc(OCC(=O)N2Cc3cnc(C(C)(C)C)nc3C2)cc1. The van der Waals surface area contributed by atoms with Crippen molar-refractivity contribution in [3.63, 3.8) is 0 Å². The van der Waals surface area contributed by atoms with E-state index in [1.807, 2.05) is 13.1 Å². The molecule has 1 aliphatic heterocycles. The summed E-state index contributed by atoms with van der Waals surface area (Å²) in [4.78, 5) is 34.9. The maximum absolute atomic E-state index is 12.5. The molecule has 0 N–H and O–H groups in total. The van der Waals surface area contributed by atoms with E-state index in [2.05, 4.69) is 30.7 Å². The van der Waals surface area contributed by atoms with Crippen molar-refractivity contribution in [1.29, 1.82) is 0 Å². The van der Waals surface area contributed by atoms with Crippen molar-refractivity contribution in [2.45, 2.75) is 52.6 Å². The highest BCUT2D eigenvalue weighted by molar-refractivity contribution is 5.95. The van der Waals surface area contributed by atoms with Crippen molar-refractivity contribution >= 4 is 11.7 Å². The number of hydrogen-bond acceptors (Lipinski definition) is 5. The first-order valence-corrected chi connectivity index (χ1v) is 9.17. The number of hydrogen-bond donors (Lipinski definition) is 0. The zero-order valence-corrected chi connectivity index (χ0v) is 16.3. The molecular formula is C21H25N3O3. The third kappa shape index (κ3) is 4.32. The molecule has 1 aromatic heterocycles. The molecule has 0 bridgehead atoms. The highest BCUT2D eigenvalue weighted by Gasteiger charge is 2.27. The van der Waals surface area contributed by atoms with Gasteiger partial charge < -0.3 is 9.64 Å². The summed E-state index contributed by atoms with van der Waals surface area (Å²) in [6.45, 7) is 8.97. The molecular weight excluding hydrogens is 342 g/mol. The van der Waals surface area contributed by atoms with Crippen molar-refractivity contribution < 1.29 is 14.3 Å². The molecule has 1 aliphatic rings. The van der Waals surface area contributed by atoms with Gasteiger partial charge in [-0.15, -0.1) is 0 Å². The van der Waals surface area contributed by atoms with Crippen molar-refractivity contribution in [3.8, 4) is 5.75 Å². The van der Waals surface area contributed by atoms with Gasteiger partial charge in [-0.05, 0) is 24.3 Å². The van der Waals surface area contributed by atoms with Gasteiger partial charge in [0.2, 0.25) is 0 Å². The van der Waals surface area contributed by atoms with Crippen molar-refractivity contribution in [1.82, 2.24) is 14.9 Å². The fraction of sp³-hybridized carbons (Fsp3) is 0.429. The van der Waals surface area contributed by atoms with E-state index in [4.69, 9.17) is 4.74 Å². The summed E-state index contributed by atoms with van der Waals surface area (Å²) in [5.74, 6) is 1.35. The van der Waals surface area contributed by atoms with Crippen LogP contribution >= 0.6 is 0 Å². The number of fused-ring (bicyclic) bond motifs is 1. The quantitative estimate of drug-likeness (QED) is 0.758. The number of ketones is 1. The number of carbonyl (C=O) groups is 2. The lowest BCUT2D eigenvalue weighted by Crippen LogP contribution is -2.30. The summed E-state index contributed by atoms with van der Waals surface area (Å²) in [6.07, 6.45) is 2.29. The van der Waals surface area contributed by atoms with Gasteiger partial charge in [0.1, 0.15) is 11.6 Å². The van der Waals surface area contributed by atoms with Crippen LogP contribution in [-0.4, -0.2) is 33.2 Å². The Labute approximate surface area is 159 Å². The Balaban J connectivity index is 1.58. The largest absolute Gasteiger partial charge is 0.484 e. The van der Waals surface area contributed by atoms with Crippen molar-refractivity contribution in [2.24, 2.45) is 0 Å². The standard InChI is InChI=1S/C21H25N3O3/c1-5-18(25)14-6-8-16(9-7-14)27-13-19(26)24-11-15-10-22-20(21(2,3)4)23-17(15)12-24/h6-10H,5,11-13H2,1-4H3. The zero-order chi connectivity index (χ0) is 19.6. The van der Waals surface area contributed by atoms with E-state index >= 15 is 0 Å². The lowest BCUT2D eigenvalue weighted by Gasteiger charge is -2.16. The topological polar surface area (TPSA) is 72.4 Å². The lowest BCUT2D eigenvalue weighted by molar-refractivity contribution is -0.134. The number of carbonyl (C=O) groups excluding carboxylic acids is 2. The predicted octanol–water partition coefficient (Wildman–Crippen LogP) is 3.29. The molecule has 2 heterocycles. The van der Waals surface area contributed by atoms with Crippen LogP contribution < -0.4 is 4.74 Å². The van der Waals surface area contributed by atoms with Gasteiger partial charge in [-0.2, -0.15) is 0 Å². The summed E-state index contributed by atoms with van der Waals surface area (Å²) >= 11 is 0. The highest BCUT2D eigenvalue weighted by atomic mass is 16.5. The smallest absolute Gasteiger partial charge is 0.261 e. The van der Waals surface area contributed by atoms with E-state index in [-0.39, 0.29) is 23.7 Å². The first kappa shape index (κ1) is 19.0. The number of ether oxygens (including phenoxy) is 1. The maximum Gasteiger partial charge on any atom is 0.261 e. The number of aromatic nitrogens is 2. The monoisotopic (exact) mass is 367 g/mol. The Morgan fingerprint density at radius 1 is 1.15 bits per heavy atom. The average molecular weight is 367 g/mol. The second kappa shape index (κ2) is 7.47. The minimum atomic E-state index is -0.124. The predicted molar refractivity (Wildman–Crippen MR) is 102 cm³/mol. The van der Waals surface area contributed by atoms with Gasteiger partial charge >= 0.3 is 0 Å². The van der Waals surface area contributed by atoms with E-state index in [0.717, 1.165) is 17.1 Å². The normalized spacial score (nSPS) is 13.4. The number of nitrogens with zero attached hydrogens (tertiary/aromatic N) is 3. The first-order chi connectivity index (χ1) is 12.8. The van der Waals surface area contributed by atoms with Crippen LogP contribution in [0.5, 0.6) is 5.75 Å². The van der Waals surface area contributed by atoms with E-state index in [1.54, 1.807) is 29.2 Å². The van der Waals surface area contributed by atoms with Gasteiger partial charge in [0.15, 0.2) is 12.4 Å².